The number of carbonyl (C=O) groups excluding carboxylic acids is 1. The summed E-state index contributed by atoms with van der Waals surface area (Å²) in [5, 5.41) is 2.59. The molecular weight excluding hydrogens is 287 g/mol. The van der Waals surface area contributed by atoms with E-state index in [1.54, 1.807) is 0 Å². The van der Waals surface area contributed by atoms with Crippen molar-refractivity contribution in [2.45, 2.75) is 37.7 Å². The van der Waals surface area contributed by atoms with Crippen LogP contribution in [0.3, 0.4) is 0 Å². The summed E-state index contributed by atoms with van der Waals surface area (Å²) in [6.45, 7) is 0.388. The van der Waals surface area contributed by atoms with Crippen LogP contribution < -0.4 is 11.1 Å². The smallest absolute Gasteiger partial charge is 0.367 e. The van der Waals surface area contributed by atoms with Crippen LogP contribution in [-0.4, -0.2) is 29.6 Å². The Morgan fingerprint density at radius 3 is 2.71 bits per heavy atom. The van der Waals surface area contributed by atoms with Crippen LogP contribution >= 0.6 is 0 Å². The highest BCUT2D eigenvalue weighted by Gasteiger charge is 2.30. The monoisotopic (exact) mass is 303 g/mol. The van der Waals surface area contributed by atoms with Crippen LogP contribution in [0, 0.1) is 0 Å². The molecule has 2 unspecified atom stereocenters. The van der Waals surface area contributed by atoms with Gasteiger partial charge in [-0.1, -0.05) is 0 Å². The standard InChI is InChI=1S/C13H16F3N3O2/c14-13(15,16)8-1-3-10(18-5-8)6-19-12(20)11-4-2-9(17)7-21-11/h1,3,5,9,11H,2,4,6-7,17H2,(H,19,20). The number of hydrogen-bond acceptors (Lipinski definition) is 4. The van der Waals surface area contributed by atoms with Gasteiger partial charge in [-0.2, -0.15) is 13.2 Å². The number of nitrogens with one attached hydrogen (secondary N) is 1. The SMILES string of the molecule is NC1CCC(C(=O)NCc2ccc(C(F)(F)F)cn2)OC1. The number of rotatable bonds is 3. The number of aromatic nitrogens is 1. The number of alkyl halides is 3. The first-order valence-corrected chi connectivity index (χ1v) is 6.53. The first kappa shape index (κ1) is 15.7. The van der Waals surface area contributed by atoms with E-state index in [1.807, 2.05) is 0 Å². The molecule has 116 valence electrons. The van der Waals surface area contributed by atoms with Gasteiger partial charge in [0.25, 0.3) is 0 Å². The van der Waals surface area contributed by atoms with Gasteiger partial charge in [0.2, 0.25) is 5.91 Å². The summed E-state index contributed by atoms with van der Waals surface area (Å²) in [5.41, 5.74) is 5.19. The highest BCUT2D eigenvalue weighted by atomic mass is 19.4. The van der Waals surface area contributed by atoms with Crippen molar-refractivity contribution in [1.29, 1.82) is 0 Å². The maximum atomic E-state index is 12.4. The minimum absolute atomic E-state index is 0.0503. The highest BCUT2D eigenvalue weighted by Crippen LogP contribution is 2.28. The lowest BCUT2D eigenvalue weighted by Gasteiger charge is -2.25. The predicted molar refractivity (Wildman–Crippen MR) is 68.0 cm³/mol. The minimum Gasteiger partial charge on any atom is -0.367 e. The molecule has 0 spiro atoms. The fourth-order valence-electron chi connectivity index (χ4n) is 1.97. The van der Waals surface area contributed by atoms with Gasteiger partial charge in [0, 0.05) is 12.2 Å². The van der Waals surface area contributed by atoms with Gasteiger partial charge in [0.05, 0.1) is 24.4 Å². The summed E-state index contributed by atoms with van der Waals surface area (Å²) >= 11 is 0. The number of pyridine rings is 1. The normalized spacial score (nSPS) is 22.9. The predicted octanol–water partition coefficient (Wildman–Crippen LogP) is 1.22. The van der Waals surface area contributed by atoms with Crippen LogP contribution in [0.25, 0.3) is 0 Å². The molecular formula is C13H16F3N3O2. The maximum absolute atomic E-state index is 12.4. The van der Waals surface area contributed by atoms with E-state index in [0.29, 0.717) is 25.1 Å². The number of hydrogen-bond donors (Lipinski definition) is 2. The topological polar surface area (TPSA) is 77.2 Å². The number of amides is 1. The maximum Gasteiger partial charge on any atom is 0.417 e. The van der Waals surface area contributed by atoms with E-state index >= 15 is 0 Å². The molecule has 2 heterocycles. The van der Waals surface area contributed by atoms with Crippen LogP contribution in [0.2, 0.25) is 0 Å². The molecule has 3 N–H and O–H groups in total. The van der Waals surface area contributed by atoms with Crippen LogP contribution in [0.5, 0.6) is 0 Å². The first-order chi connectivity index (χ1) is 9.86. The van der Waals surface area contributed by atoms with Crippen molar-refractivity contribution in [2.24, 2.45) is 5.73 Å². The quantitative estimate of drug-likeness (QED) is 0.880. The van der Waals surface area contributed by atoms with Crippen molar-refractivity contribution in [3.05, 3.63) is 29.6 Å². The van der Waals surface area contributed by atoms with Crippen LogP contribution in [0.4, 0.5) is 13.2 Å². The molecule has 21 heavy (non-hydrogen) atoms. The molecule has 0 saturated carbocycles. The zero-order chi connectivity index (χ0) is 15.5. The molecule has 2 rings (SSSR count). The second-order valence-electron chi connectivity index (χ2n) is 4.91. The molecule has 8 heteroatoms. The lowest BCUT2D eigenvalue weighted by atomic mass is 10.1. The van der Waals surface area contributed by atoms with Gasteiger partial charge in [-0.25, -0.2) is 0 Å². The van der Waals surface area contributed by atoms with E-state index in [4.69, 9.17) is 10.5 Å². The highest BCUT2D eigenvalue weighted by molar-refractivity contribution is 5.80. The fourth-order valence-corrected chi connectivity index (χ4v) is 1.97. The van der Waals surface area contributed by atoms with E-state index in [2.05, 4.69) is 10.3 Å². The average Bonchev–Trinajstić information content (AvgIpc) is 2.45. The third-order valence-corrected chi connectivity index (χ3v) is 3.20. The van der Waals surface area contributed by atoms with E-state index in [-0.39, 0.29) is 18.5 Å². The van der Waals surface area contributed by atoms with Crippen molar-refractivity contribution < 1.29 is 22.7 Å². The van der Waals surface area contributed by atoms with Crippen molar-refractivity contribution in [2.75, 3.05) is 6.61 Å². The van der Waals surface area contributed by atoms with E-state index in [1.165, 1.54) is 6.07 Å². The van der Waals surface area contributed by atoms with Crippen LogP contribution in [0.15, 0.2) is 18.3 Å². The molecule has 1 aromatic heterocycles. The fraction of sp³-hybridized carbons (Fsp3) is 0.538. The summed E-state index contributed by atoms with van der Waals surface area (Å²) in [7, 11) is 0. The summed E-state index contributed by atoms with van der Waals surface area (Å²) < 4.78 is 42.4. The Hall–Kier alpha value is -1.67. The Bertz CT molecular complexity index is 482. The zero-order valence-corrected chi connectivity index (χ0v) is 11.2. The van der Waals surface area contributed by atoms with Crippen LogP contribution in [-0.2, 0) is 22.3 Å². The largest absolute Gasteiger partial charge is 0.417 e. The Morgan fingerprint density at radius 1 is 1.43 bits per heavy atom. The molecule has 2 atom stereocenters. The summed E-state index contributed by atoms with van der Waals surface area (Å²) in [5.74, 6) is -0.302. The number of carbonyl (C=O) groups is 1. The van der Waals surface area contributed by atoms with Gasteiger partial charge in [0.15, 0.2) is 0 Å². The molecule has 1 aliphatic rings. The lowest BCUT2D eigenvalue weighted by Crippen LogP contribution is -2.43. The molecule has 1 amide bonds. The summed E-state index contributed by atoms with van der Waals surface area (Å²) in [4.78, 5) is 15.5. The second-order valence-corrected chi connectivity index (χ2v) is 4.91. The number of nitrogens with two attached hydrogens (primary N) is 1. The van der Waals surface area contributed by atoms with Gasteiger partial charge >= 0.3 is 6.18 Å². The number of halogens is 3. The Kier molecular flexibility index (Phi) is 4.79. The average molecular weight is 303 g/mol. The number of nitrogens with zero attached hydrogens (tertiary/aromatic N) is 1. The van der Waals surface area contributed by atoms with Gasteiger partial charge in [-0.15, -0.1) is 0 Å². The number of ether oxygens (including phenoxy) is 1. The molecule has 5 nitrogen and oxygen atoms in total. The summed E-state index contributed by atoms with van der Waals surface area (Å²) in [6.07, 6.45) is -2.98. The minimum atomic E-state index is -4.41. The molecule has 0 aliphatic carbocycles. The van der Waals surface area contributed by atoms with Crippen molar-refractivity contribution >= 4 is 5.91 Å². The van der Waals surface area contributed by atoms with Gasteiger partial charge in [-0.3, -0.25) is 9.78 Å². The van der Waals surface area contributed by atoms with Crippen molar-refractivity contribution in [3.8, 4) is 0 Å². The Balaban J connectivity index is 1.84. The second kappa shape index (κ2) is 6.40. The van der Waals surface area contributed by atoms with Crippen molar-refractivity contribution in [1.82, 2.24) is 10.3 Å². The Labute approximate surface area is 119 Å². The molecule has 0 aromatic carbocycles. The molecule has 1 aliphatic heterocycles. The third-order valence-electron chi connectivity index (χ3n) is 3.20. The lowest BCUT2D eigenvalue weighted by molar-refractivity contribution is -0.138. The molecule has 1 saturated heterocycles. The molecule has 1 fully saturated rings. The Morgan fingerprint density at radius 2 is 2.19 bits per heavy atom. The zero-order valence-electron chi connectivity index (χ0n) is 11.2. The van der Waals surface area contributed by atoms with Gasteiger partial charge in [-0.05, 0) is 25.0 Å². The molecule has 0 radical (unpaired) electrons. The van der Waals surface area contributed by atoms with Gasteiger partial charge in [0.1, 0.15) is 6.10 Å². The molecule has 0 bridgehead atoms. The van der Waals surface area contributed by atoms with E-state index in [9.17, 15) is 18.0 Å². The van der Waals surface area contributed by atoms with Gasteiger partial charge < -0.3 is 15.8 Å². The van der Waals surface area contributed by atoms with Crippen LogP contribution in [0.1, 0.15) is 24.1 Å². The first-order valence-electron chi connectivity index (χ1n) is 6.53. The molecule has 1 aromatic rings. The van der Waals surface area contributed by atoms with E-state index in [0.717, 1.165) is 12.3 Å². The summed E-state index contributed by atoms with van der Waals surface area (Å²) in [6, 6.07) is 2.12. The van der Waals surface area contributed by atoms with Crippen molar-refractivity contribution in [3.63, 3.8) is 0 Å². The third kappa shape index (κ3) is 4.40. The van der Waals surface area contributed by atoms with E-state index < -0.39 is 17.8 Å².